The van der Waals surface area contributed by atoms with Gasteiger partial charge in [-0.3, -0.25) is 9.69 Å². The lowest BCUT2D eigenvalue weighted by atomic mass is 10.0. The second-order valence-corrected chi connectivity index (χ2v) is 7.26. The number of fused-ring (bicyclic) bond motifs is 1. The zero-order chi connectivity index (χ0) is 18.5. The molecule has 1 unspecified atom stereocenters. The van der Waals surface area contributed by atoms with Crippen LogP contribution in [0, 0.1) is 0 Å². The molecule has 2 aliphatic heterocycles. The first-order valence-corrected chi connectivity index (χ1v) is 9.83. The predicted octanol–water partition coefficient (Wildman–Crippen LogP) is 2.86. The number of anilines is 2. The smallest absolute Gasteiger partial charge is 0.320 e. The van der Waals surface area contributed by atoms with Gasteiger partial charge in [0.2, 0.25) is 5.91 Å². The van der Waals surface area contributed by atoms with Crippen molar-refractivity contribution in [2.45, 2.75) is 77.4 Å². The molecule has 0 radical (unpaired) electrons. The van der Waals surface area contributed by atoms with Crippen LogP contribution in [0.15, 0.2) is 0 Å². The van der Waals surface area contributed by atoms with E-state index in [2.05, 4.69) is 16.9 Å². The number of nitrogens with zero attached hydrogens (tertiary/aromatic N) is 3. The summed E-state index contributed by atoms with van der Waals surface area (Å²) in [5.74, 6) is 0.996. The molecule has 2 aliphatic rings. The van der Waals surface area contributed by atoms with Crippen LogP contribution in [0.25, 0.3) is 0 Å². The molecule has 1 amide bonds. The van der Waals surface area contributed by atoms with Gasteiger partial charge in [-0.2, -0.15) is 9.97 Å². The van der Waals surface area contributed by atoms with Gasteiger partial charge in [0.05, 0.1) is 18.6 Å². The normalized spacial score (nSPS) is 20.9. The first kappa shape index (κ1) is 18.9. The Balaban J connectivity index is 1.65. The lowest BCUT2D eigenvalue weighted by molar-refractivity contribution is -0.117. The molecule has 0 saturated carbocycles. The number of nitrogens with two attached hydrogens (primary N) is 1. The molecule has 26 heavy (non-hydrogen) atoms. The lowest BCUT2D eigenvalue weighted by Crippen LogP contribution is -2.30. The summed E-state index contributed by atoms with van der Waals surface area (Å²) in [6, 6.07) is 0.262. The van der Waals surface area contributed by atoms with E-state index < -0.39 is 0 Å². The fraction of sp³-hybridized carbons (Fsp3) is 0.737. The second-order valence-electron chi connectivity index (χ2n) is 7.26. The highest BCUT2D eigenvalue weighted by Crippen LogP contribution is 2.32. The minimum absolute atomic E-state index is 0.0199. The van der Waals surface area contributed by atoms with Gasteiger partial charge >= 0.3 is 6.01 Å². The highest BCUT2D eigenvalue weighted by molar-refractivity contribution is 6.01. The molecule has 2 atom stereocenters. The van der Waals surface area contributed by atoms with E-state index in [1.165, 1.54) is 6.42 Å². The van der Waals surface area contributed by atoms with E-state index >= 15 is 0 Å². The number of rotatable bonds is 8. The maximum absolute atomic E-state index is 12.4. The molecule has 7 heteroatoms. The van der Waals surface area contributed by atoms with Gasteiger partial charge in [0.1, 0.15) is 11.6 Å². The van der Waals surface area contributed by atoms with Crippen molar-refractivity contribution in [3.8, 4) is 6.01 Å². The van der Waals surface area contributed by atoms with Gasteiger partial charge in [0, 0.05) is 18.7 Å². The molecule has 3 rings (SSSR count). The van der Waals surface area contributed by atoms with E-state index in [9.17, 15) is 4.79 Å². The maximum atomic E-state index is 12.4. The quantitative estimate of drug-likeness (QED) is 0.765. The van der Waals surface area contributed by atoms with Gasteiger partial charge in [0.15, 0.2) is 0 Å². The molecular weight excluding hydrogens is 332 g/mol. The first-order valence-electron chi connectivity index (χ1n) is 9.83. The molecule has 2 N–H and O–H groups in total. The first-order chi connectivity index (χ1) is 12.6. The average Bonchev–Trinajstić information content (AvgIpc) is 2.93. The molecule has 3 heterocycles. The molecule has 1 fully saturated rings. The van der Waals surface area contributed by atoms with Gasteiger partial charge in [-0.15, -0.1) is 0 Å². The van der Waals surface area contributed by atoms with Crippen LogP contribution >= 0.6 is 0 Å². The molecule has 0 bridgehead atoms. The summed E-state index contributed by atoms with van der Waals surface area (Å²) in [5.41, 5.74) is 6.78. The lowest BCUT2D eigenvalue weighted by Gasteiger charge is -2.24. The van der Waals surface area contributed by atoms with E-state index in [4.69, 9.17) is 15.2 Å². The summed E-state index contributed by atoms with van der Waals surface area (Å²) < 4.78 is 11.6. The van der Waals surface area contributed by atoms with Gasteiger partial charge in [-0.05, 0) is 45.4 Å². The Morgan fingerprint density at radius 3 is 2.96 bits per heavy atom. The van der Waals surface area contributed by atoms with Crippen LogP contribution in [0.5, 0.6) is 6.01 Å². The number of amides is 1. The number of aromatic nitrogens is 2. The van der Waals surface area contributed by atoms with Crippen molar-refractivity contribution in [2.75, 3.05) is 23.8 Å². The molecule has 0 aliphatic carbocycles. The van der Waals surface area contributed by atoms with Crippen molar-refractivity contribution in [1.82, 2.24) is 9.97 Å². The Labute approximate surface area is 155 Å². The topological polar surface area (TPSA) is 90.6 Å². The van der Waals surface area contributed by atoms with Crippen molar-refractivity contribution in [1.29, 1.82) is 0 Å². The van der Waals surface area contributed by atoms with Crippen molar-refractivity contribution < 1.29 is 14.3 Å². The molecule has 1 saturated heterocycles. The van der Waals surface area contributed by atoms with Crippen molar-refractivity contribution in [3.63, 3.8) is 0 Å². The monoisotopic (exact) mass is 362 g/mol. The van der Waals surface area contributed by atoms with E-state index in [-0.39, 0.29) is 24.4 Å². The SMILES string of the molecule is CCC[C@@H](C)Oc1nc(N)c2c(n1)N(CCCC1CCCCO1)C(=O)C2. The van der Waals surface area contributed by atoms with Gasteiger partial charge < -0.3 is 15.2 Å². The van der Waals surface area contributed by atoms with Crippen LogP contribution in [-0.2, 0) is 16.0 Å². The van der Waals surface area contributed by atoms with Crippen molar-refractivity contribution in [2.24, 2.45) is 0 Å². The van der Waals surface area contributed by atoms with Crippen LogP contribution in [-0.4, -0.2) is 41.2 Å². The van der Waals surface area contributed by atoms with E-state index in [0.717, 1.165) is 50.7 Å². The third-order valence-corrected chi connectivity index (χ3v) is 5.07. The fourth-order valence-corrected chi connectivity index (χ4v) is 3.67. The Bertz CT molecular complexity index is 631. The number of carbonyl (C=O) groups is 1. The average molecular weight is 362 g/mol. The van der Waals surface area contributed by atoms with E-state index in [1.54, 1.807) is 4.90 Å². The molecular formula is C19H30N4O3. The molecule has 144 valence electrons. The van der Waals surface area contributed by atoms with Gasteiger partial charge in [-0.25, -0.2) is 0 Å². The Morgan fingerprint density at radius 1 is 1.38 bits per heavy atom. The zero-order valence-electron chi connectivity index (χ0n) is 15.9. The summed E-state index contributed by atoms with van der Waals surface area (Å²) >= 11 is 0. The zero-order valence-corrected chi connectivity index (χ0v) is 15.9. The van der Waals surface area contributed by atoms with Crippen LogP contribution < -0.4 is 15.4 Å². The van der Waals surface area contributed by atoms with E-state index in [0.29, 0.717) is 24.3 Å². The number of hydrogen-bond donors (Lipinski definition) is 1. The molecule has 7 nitrogen and oxygen atoms in total. The van der Waals surface area contributed by atoms with E-state index in [1.807, 2.05) is 6.92 Å². The molecule has 0 aromatic carbocycles. The second kappa shape index (κ2) is 8.66. The highest BCUT2D eigenvalue weighted by atomic mass is 16.5. The summed E-state index contributed by atoms with van der Waals surface area (Å²) in [6.45, 7) is 5.58. The predicted molar refractivity (Wildman–Crippen MR) is 100 cm³/mol. The summed E-state index contributed by atoms with van der Waals surface area (Å²) in [6.07, 6.45) is 7.93. The highest BCUT2D eigenvalue weighted by Gasteiger charge is 2.32. The van der Waals surface area contributed by atoms with Crippen molar-refractivity contribution >= 4 is 17.5 Å². The minimum Gasteiger partial charge on any atom is -0.460 e. The third kappa shape index (κ3) is 4.44. The summed E-state index contributed by atoms with van der Waals surface area (Å²) in [4.78, 5) is 22.9. The maximum Gasteiger partial charge on any atom is 0.320 e. The minimum atomic E-state index is 0.0199. The van der Waals surface area contributed by atoms with Gasteiger partial charge in [-0.1, -0.05) is 13.3 Å². The number of ether oxygens (including phenoxy) is 2. The van der Waals surface area contributed by atoms with Gasteiger partial charge in [0.25, 0.3) is 0 Å². The Hall–Kier alpha value is -1.89. The Morgan fingerprint density at radius 2 is 2.23 bits per heavy atom. The summed E-state index contributed by atoms with van der Waals surface area (Å²) in [5, 5.41) is 0. The third-order valence-electron chi connectivity index (χ3n) is 5.07. The fourth-order valence-electron chi connectivity index (χ4n) is 3.67. The van der Waals surface area contributed by atoms with Crippen LogP contribution in [0.1, 0.15) is 64.4 Å². The Kier molecular flexibility index (Phi) is 6.29. The van der Waals surface area contributed by atoms with Crippen LogP contribution in [0.3, 0.4) is 0 Å². The standard InChI is InChI=1S/C19H30N4O3/c1-3-7-13(2)26-19-21-17(20)15-12-16(24)23(18(15)22-19)10-6-9-14-8-4-5-11-25-14/h13-14H,3-12H2,1-2H3,(H2,20,21,22)/t13-,14?/m1/s1. The number of hydrogen-bond acceptors (Lipinski definition) is 6. The molecule has 0 spiro atoms. The number of nitrogen functional groups attached to an aromatic ring is 1. The van der Waals surface area contributed by atoms with Crippen LogP contribution in [0.2, 0.25) is 0 Å². The molecule has 1 aromatic heterocycles. The number of carbonyl (C=O) groups excluding carboxylic acids is 1. The van der Waals surface area contributed by atoms with Crippen LogP contribution in [0.4, 0.5) is 11.6 Å². The largest absolute Gasteiger partial charge is 0.460 e. The summed E-state index contributed by atoms with van der Waals surface area (Å²) in [7, 11) is 0. The van der Waals surface area contributed by atoms with Crippen molar-refractivity contribution in [3.05, 3.63) is 5.56 Å². The molecule has 1 aromatic rings.